The van der Waals surface area contributed by atoms with Crippen LogP contribution in [0.25, 0.3) is 0 Å². The molecule has 0 fully saturated rings. The molecule has 0 heterocycles. The third-order valence-corrected chi connectivity index (χ3v) is 5.80. The molecule has 0 aliphatic rings. The number of sulfonamides is 1. The second kappa shape index (κ2) is 6.90. The van der Waals surface area contributed by atoms with Gasteiger partial charge >= 0.3 is 5.97 Å². The van der Waals surface area contributed by atoms with Crippen molar-refractivity contribution in [2.75, 3.05) is 4.31 Å². The van der Waals surface area contributed by atoms with Crippen LogP contribution in [0.4, 0.5) is 5.69 Å². The van der Waals surface area contributed by atoms with E-state index in [0.29, 0.717) is 9.50 Å². The van der Waals surface area contributed by atoms with Crippen LogP contribution in [0.3, 0.4) is 0 Å². The van der Waals surface area contributed by atoms with Crippen molar-refractivity contribution in [3.63, 3.8) is 0 Å². The zero-order valence-electron chi connectivity index (χ0n) is 12.0. The van der Waals surface area contributed by atoms with Crippen LogP contribution in [0.2, 0.25) is 5.02 Å². The molecule has 0 saturated heterocycles. The Bertz CT molecular complexity index is 824. The summed E-state index contributed by atoms with van der Waals surface area (Å²) in [6.07, 6.45) is 0. The summed E-state index contributed by atoms with van der Waals surface area (Å²) in [6, 6.07) is 10.8. The van der Waals surface area contributed by atoms with Crippen LogP contribution < -0.4 is 4.31 Å². The Kier molecular flexibility index (Phi) is 5.33. The van der Waals surface area contributed by atoms with E-state index in [1.54, 1.807) is 18.2 Å². The minimum absolute atomic E-state index is 0.0324. The highest BCUT2D eigenvalue weighted by Crippen LogP contribution is 2.29. The maximum Gasteiger partial charge on any atom is 0.327 e. The fraction of sp³-hybridized carbons (Fsp3) is 0.133. The number of rotatable bonds is 5. The Labute approximate surface area is 147 Å². The molecule has 1 atom stereocenters. The molecule has 0 aliphatic heterocycles. The Morgan fingerprint density at radius 1 is 1.22 bits per heavy atom. The quantitative estimate of drug-likeness (QED) is 0.802. The van der Waals surface area contributed by atoms with E-state index < -0.39 is 22.0 Å². The molecule has 5 nitrogen and oxygen atoms in total. The standard InChI is InChI=1S/C15H13BrClNO4S/c1-10(15(19)20)18(13-4-2-3-11(16)9-13)23(21,22)14-7-5-12(17)6-8-14/h2-10H,1H3,(H,19,20). The lowest BCUT2D eigenvalue weighted by atomic mass is 10.2. The van der Waals surface area contributed by atoms with Gasteiger partial charge in [-0.05, 0) is 49.4 Å². The Morgan fingerprint density at radius 2 is 1.83 bits per heavy atom. The zero-order valence-corrected chi connectivity index (χ0v) is 15.1. The summed E-state index contributed by atoms with van der Waals surface area (Å²) < 4.78 is 27.3. The average molecular weight is 419 g/mol. The second-order valence-corrected chi connectivity index (χ2v) is 7.92. The van der Waals surface area contributed by atoms with E-state index in [-0.39, 0.29) is 10.6 Å². The number of hydrogen-bond acceptors (Lipinski definition) is 3. The van der Waals surface area contributed by atoms with Crippen LogP contribution in [-0.2, 0) is 14.8 Å². The number of aliphatic carboxylic acids is 1. The molecule has 1 unspecified atom stereocenters. The lowest BCUT2D eigenvalue weighted by Gasteiger charge is -2.28. The summed E-state index contributed by atoms with van der Waals surface area (Å²) in [5, 5.41) is 9.69. The lowest BCUT2D eigenvalue weighted by Crippen LogP contribution is -2.43. The van der Waals surface area contributed by atoms with Crippen LogP contribution in [0.15, 0.2) is 57.9 Å². The molecule has 0 spiro atoms. The first-order chi connectivity index (χ1) is 10.7. The molecule has 0 aliphatic carbocycles. The summed E-state index contributed by atoms with van der Waals surface area (Å²) in [5.41, 5.74) is 0.254. The van der Waals surface area contributed by atoms with E-state index >= 15 is 0 Å². The third kappa shape index (κ3) is 3.85. The van der Waals surface area contributed by atoms with Gasteiger partial charge in [0.25, 0.3) is 10.0 Å². The summed E-state index contributed by atoms with van der Waals surface area (Å²) >= 11 is 9.05. The number of nitrogens with zero attached hydrogens (tertiary/aromatic N) is 1. The molecule has 0 amide bonds. The molecule has 2 aromatic carbocycles. The van der Waals surface area contributed by atoms with E-state index in [2.05, 4.69) is 15.9 Å². The predicted octanol–water partition coefficient (Wildman–Crippen LogP) is 3.77. The van der Waals surface area contributed by atoms with Crippen molar-refractivity contribution >= 4 is 49.2 Å². The van der Waals surface area contributed by atoms with Gasteiger partial charge in [-0.3, -0.25) is 4.31 Å². The largest absolute Gasteiger partial charge is 0.480 e. The topological polar surface area (TPSA) is 74.7 Å². The molecule has 0 radical (unpaired) electrons. The minimum atomic E-state index is -4.06. The van der Waals surface area contributed by atoms with Crippen molar-refractivity contribution in [2.45, 2.75) is 17.9 Å². The van der Waals surface area contributed by atoms with Gasteiger partial charge in [0.2, 0.25) is 0 Å². The van der Waals surface area contributed by atoms with Gasteiger partial charge in [0, 0.05) is 9.50 Å². The second-order valence-electron chi connectivity index (χ2n) is 4.75. The monoisotopic (exact) mass is 417 g/mol. The summed E-state index contributed by atoms with van der Waals surface area (Å²) in [4.78, 5) is 11.4. The molecule has 1 N–H and O–H groups in total. The van der Waals surface area contributed by atoms with Crippen molar-refractivity contribution < 1.29 is 18.3 Å². The maximum absolute atomic E-state index is 12.9. The van der Waals surface area contributed by atoms with Crippen LogP contribution >= 0.6 is 27.5 Å². The van der Waals surface area contributed by atoms with E-state index in [0.717, 1.165) is 4.31 Å². The van der Waals surface area contributed by atoms with Gasteiger partial charge in [0.05, 0.1) is 10.6 Å². The molecular formula is C15H13BrClNO4S. The number of anilines is 1. The molecule has 2 aromatic rings. The van der Waals surface area contributed by atoms with Crippen molar-refractivity contribution in [3.8, 4) is 0 Å². The normalized spacial score (nSPS) is 12.7. The molecule has 8 heteroatoms. The van der Waals surface area contributed by atoms with E-state index in [4.69, 9.17) is 11.6 Å². The fourth-order valence-corrected chi connectivity index (χ4v) is 4.12. The van der Waals surface area contributed by atoms with Gasteiger partial charge in [0.1, 0.15) is 6.04 Å². The number of halogens is 2. The third-order valence-electron chi connectivity index (χ3n) is 3.14. The molecule has 23 heavy (non-hydrogen) atoms. The Balaban J connectivity index is 2.61. The van der Waals surface area contributed by atoms with Gasteiger partial charge in [-0.1, -0.05) is 33.6 Å². The molecule has 0 bridgehead atoms. The van der Waals surface area contributed by atoms with E-state index in [9.17, 15) is 18.3 Å². The first kappa shape index (κ1) is 17.8. The summed E-state index contributed by atoms with van der Waals surface area (Å²) in [7, 11) is -4.06. The molecule has 122 valence electrons. The maximum atomic E-state index is 12.9. The fourth-order valence-electron chi connectivity index (χ4n) is 2.00. The van der Waals surface area contributed by atoms with Gasteiger partial charge in [0.15, 0.2) is 0 Å². The number of carboxylic acids is 1. The average Bonchev–Trinajstić information content (AvgIpc) is 2.47. The smallest absolute Gasteiger partial charge is 0.327 e. The summed E-state index contributed by atoms with van der Waals surface area (Å²) in [6.45, 7) is 1.32. The summed E-state index contributed by atoms with van der Waals surface area (Å²) in [5.74, 6) is -1.25. The van der Waals surface area contributed by atoms with Crippen LogP contribution in [0.5, 0.6) is 0 Å². The van der Waals surface area contributed by atoms with E-state index in [1.165, 1.54) is 37.3 Å². The zero-order chi connectivity index (χ0) is 17.2. The molecule has 0 saturated carbocycles. The first-order valence-electron chi connectivity index (χ1n) is 6.52. The number of benzene rings is 2. The van der Waals surface area contributed by atoms with Crippen molar-refractivity contribution in [3.05, 3.63) is 58.0 Å². The van der Waals surface area contributed by atoms with Gasteiger partial charge in [-0.2, -0.15) is 0 Å². The van der Waals surface area contributed by atoms with E-state index in [1.807, 2.05) is 0 Å². The van der Waals surface area contributed by atoms with Crippen LogP contribution in [0, 0.1) is 0 Å². The number of carboxylic acid groups (broad SMARTS) is 1. The molecule has 0 aromatic heterocycles. The number of hydrogen-bond donors (Lipinski definition) is 1. The Hall–Kier alpha value is -1.57. The van der Waals surface area contributed by atoms with Crippen LogP contribution in [-0.4, -0.2) is 25.5 Å². The van der Waals surface area contributed by atoms with Crippen LogP contribution in [0.1, 0.15) is 6.92 Å². The highest BCUT2D eigenvalue weighted by atomic mass is 79.9. The number of carbonyl (C=O) groups is 1. The van der Waals surface area contributed by atoms with Gasteiger partial charge in [-0.25, -0.2) is 13.2 Å². The highest BCUT2D eigenvalue weighted by Gasteiger charge is 2.33. The molecule has 2 rings (SSSR count). The van der Waals surface area contributed by atoms with Gasteiger partial charge in [-0.15, -0.1) is 0 Å². The predicted molar refractivity (Wildman–Crippen MR) is 92.4 cm³/mol. The van der Waals surface area contributed by atoms with Crippen molar-refractivity contribution in [1.29, 1.82) is 0 Å². The minimum Gasteiger partial charge on any atom is -0.480 e. The Morgan fingerprint density at radius 3 is 2.35 bits per heavy atom. The SMILES string of the molecule is CC(C(=O)O)N(c1cccc(Br)c1)S(=O)(=O)c1ccc(Cl)cc1. The lowest BCUT2D eigenvalue weighted by molar-refractivity contribution is -0.137. The first-order valence-corrected chi connectivity index (χ1v) is 9.13. The van der Waals surface area contributed by atoms with Crippen molar-refractivity contribution in [2.24, 2.45) is 0 Å². The molecular weight excluding hydrogens is 406 g/mol. The highest BCUT2D eigenvalue weighted by molar-refractivity contribution is 9.10. The van der Waals surface area contributed by atoms with Gasteiger partial charge < -0.3 is 5.11 Å². The van der Waals surface area contributed by atoms with Crippen molar-refractivity contribution in [1.82, 2.24) is 0 Å².